The number of fused-ring (bicyclic) bond motifs is 3. The SMILES string of the molecule is O=C1OC(c2ccccc2)=N[C@]12[C@@H]1C=C[C@@H](C1)[C@H]2c1ccc(Br)cc1. The lowest BCUT2D eigenvalue weighted by Gasteiger charge is -2.32. The summed E-state index contributed by atoms with van der Waals surface area (Å²) in [7, 11) is 0. The molecule has 2 aromatic carbocycles. The molecule has 124 valence electrons. The van der Waals surface area contributed by atoms with E-state index in [2.05, 4.69) is 40.2 Å². The minimum absolute atomic E-state index is 0.0318. The lowest BCUT2D eigenvalue weighted by molar-refractivity contribution is -0.140. The molecule has 2 aromatic rings. The molecule has 25 heavy (non-hydrogen) atoms. The molecule has 5 rings (SSSR count). The molecule has 4 atom stereocenters. The summed E-state index contributed by atoms with van der Waals surface area (Å²) in [6, 6.07) is 17.9. The van der Waals surface area contributed by atoms with Crippen molar-refractivity contribution in [1.29, 1.82) is 0 Å². The minimum atomic E-state index is -0.821. The van der Waals surface area contributed by atoms with Gasteiger partial charge in [0.05, 0.1) is 0 Å². The van der Waals surface area contributed by atoms with Gasteiger partial charge < -0.3 is 4.74 Å². The number of aliphatic imine (C=N–C) groups is 1. The first-order chi connectivity index (χ1) is 12.2. The predicted molar refractivity (Wildman–Crippen MR) is 99.4 cm³/mol. The van der Waals surface area contributed by atoms with E-state index in [1.807, 2.05) is 42.5 Å². The van der Waals surface area contributed by atoms with Crippen molar-refractivity contribution >= 4 is 27.8 Å². The number of rotatable bonds is 2. The van der Waals surface area contributed by atoms with Crippen LogP contribution in [0.1, 0.15) is 23.5 Å². The quantitative estimate of drug-likeness (QED) is 0.557. The van der Waals surface area contributed by atoms with E-state index in [1.54, 1.807) is 0 Å². The zero-order chi connectivity index (χ0) is 17.0. The van der Waals surface area contributed by atoms with Gasteiger partial charge in [-0.2, -0.15) is 0 Å². The van der Waals surface area contributed by atoms with Gasteiger partial charge in [0.25, 0.3) is 0 Å². The van der Waals surface area contributed by atoms with Crippen LogP contribution in [0.25, 0.3) is 0 Å². The molecule has 3 nitrogen and oxygen atoms in total. The molecule has 3 aliphatic rings. The smallest absolute Gasteiger partial charge is 0.342 e. The minimum Gasteiger partial charge on any atom is -0.405 e. The molecular weight excluding hydrogens is 378 g/mol. The number of halogens is 1. The van der Waals surface area contributed by atoms with Gasteiger partial charge in [0.1, 0.15) is 0 Å². The summed E-state index contributed by atoms with van der Waals surface area (Å²) >= 11 is 3.49. The molecule has 0 amide bonds. The molecule has 0 saturated heterocycles. The van der Waals surface area contributed by atoms with Gasteiger partial charge >= 0.3 is 5.97 Å². The van der Waals surface area contributed by atoms with E-state index in [9.17, 15) is 4.79 Å². The molecule has 0 N–H and O–H groups in total. The van der Waals surface area contributed by atoms with E-state index in [-0.39, 0.29) is 17.8 Å². The van der Waals surface area contributed by atoms with Crippen molar-refractivity contribution in [3.05, 3.63) is 82.3 Å². The highest BCUT2D eigenvalue weighted by atomic mass is 79.9. The molecule has 1 fully saturated rings. The van der Waals surface area contributed by atoms with E-state index in [0.717, 1.165) is 22.0 Å². The van der Waals surface area contributed by atoms with E-state index in [1.165, 1.54) is 0 Å². The van der Waals surface area contributed by atoms with Gasteiger partial charge in [0.15, 0.2) is 5.54 Å². The molecule has 4 heteroatoms. The van der Waals surface area contributed by atoms with Crippen LogP contribution in [0.3, 0.4) is 0 Å². The zero-order valence-electron chi connectivity index (χ0n) is 13.4. The van der Waals surface area contributed by atoms with Crippen molar-refractivity contribution in [3.8, 4) is 0 Å². The number of benzene rings is 2. The summed E-state index contributed by atoms with van der Waals surface area (Å²) in [5.41, 5.74) is 1.18. The lowest BCUT2D eigenvalue weighted by atomic mass is 9.73. The molecule has 1 saturated carbocycles. The van der Waals surface area contributed by atoms with Crippen LogP contribution in [0.2, 0.25) is 0 Å². The van der Waals surface area contributed by atoms with Gasteiger partial charge in [-0.3, -0.25) is 0 Å². The fourth-order valence-corrected chi connectivity index (χ4v) is 4.83. The summed E-state index contributed by atoms with van der Waals surface area (Å²) in [5.74, 6) is 0.714. The van der Waals surface area contributed by atoms with E-state index in [0.29, 0.717) is 11.8 Å². The Hall–Kier alpha value is -2.20. The maximum absolute atomic E-state index is 13.0. The third-order valence-electron chi connectivity index (χ3n) is 5.64. The number of ether oxygens (including phenoxy) is 1. The Kier molecular flexibility index (Phi) is 3.26. The molecular formula is C21H16BrNO2. The van der Waals surface area contributed by atoms with Crippen LogP contribution in [0.4, 0.5) is 0 Å². The Labute approximate surface area is 154 Å². The second kappa shape index (κ2) is 5.40. The molecule has 0 aromatic heterocycles. The summed E-state index contributed by atoms with van der Waals surface area (Å²) in [5, 5.41) is 0. The number of allylic oxidation sites excluding steroid dienone is 1. The average Bonchev–Trinajstić information content (AvgIpc) is 3.32. The van der Waals surface area contributed by atoms with Gasteiger partial charge in [-0.05, 0) is 42.2 Å². The lowest BCUT2D eigenvalue weighted by Crippen LogP contribution is -2.44. The highest BCUT2D eigenvalue weighted by Gasteiger charge is 2.65. The van der Waals surface area contributed by atoms with Crippen LogP contribution in [-0.4, -0.2) is 17.4 Å². The number of esters is 1. The highest BCUT2D eigenvalue weighted by molar-refractivity contribution is 9.10. The third kappa shape index (κ3) is 2.10. The Morgan fingerprint density at radius 1 is 1.04 bits per heavy atom. The summed E-state index contributed by atoms with van der Waals surface area (Å²) < 4.78 is 6.71. The number of carbonyl (C=O) groups is 1. The first-order valence-corrected chi connectivity index (χ1v) is 9.29. The fraction of sp³-hybridized carbons (Fsp3) is 0.238. The molecule has 0 unspecified atom stereocenters. The van der Waals surface area contributed by atoms with E-state index in [4.69, 9.17) is 9.73 Å². The predicted octanol–water partition coefficient (Wildman–Crippen LogP) is 4.48. The van der Waals surface area contributed by atoms with Crippen molar-refractivity contribution in [2.45, 2.75) is 17.9 Å². The average molecular weight is 394 g/mol. The number of carbonyl (C=O) groups excluding carboxylic acids is 1. The largest absolute Gasteiger partial charge is 0.405 e. The Morgan fingerprint density at radius 3 is 2.56 bits per heavy atom. The highest BCUT2D eigenvalue weighted by Crippen LogP contribution is 2.59. The zero-order valence-corrected chi connectivity index (χ0v) is 15.0. The Balaban J connectivity index is 1.65. The monoisotopic (exact) mass is 393 g/mol. The summed E-state index contributed by atoms with van der Waals surface area (Å²) in [4.78, 5) is 18.0. The van der Waals surface area contributed by atoms with Crippen LogP contribution in [0, 0.1) is 11.8 Å². The molecule has 1 heterocycles. The fourth-order valence-electron chi connectivity index (χ4n) is 4.57. The van der Waals surface area contributed by atoms with Crippen molar-refractivity contribution in [1.82, 2.24) is 0 Å². The van der Waals surface area contributed by atoms with Crippen molar-refractivity contribution in [3.63, 3.8) is 0 Å². The maximum atomic E-state index is 13.0. The summed E-state index contributed by atoms with van der Waals surface area (Å²) in [6.45, 7) is 0. The number of nitrogens with zero attached hydrogens (tertiary/aromatic N) is 1. The Morgan fingerprint density at radius 2 is 1.80 bits per heavy atom. The Bertz CT molecular complexity index is 903. The van der Waals surface area contributed by atoms with Crippen LogP contribution in [-0.2, 0) is 9.53 Å². The molecule has 2 aliphatic carbocycles. The molecule has 0 radical (unpaired) electrons. The number of hydrogen-bond donors (Lipinski definition) is 0. The molecule has 1 spiro atoms. The first-order valence-electron chi connectivity index (χ1n) is 8.50. The molecule has 2 bridgehead atoms. The van der Waals surface area contributed by atoms with E-state index < -0.39 is 5.54 Å². The number of cyclic esters (lactones) is 1. The second-order valence-corrected chi connectivity index (χ2v) is 7.83. The number of hydrogen-bond acceptors (Lipinski definition) is 3. The summed E-state index contributed by atoms with van der Waals surface area (Å²) in [6.07, 6.45) is 5.35. The van der Waals surface area contributed by atoms with Gasteiger partial charge in [-0.25, -0.2) is 9.79 Å². The third-order valence-corrected chi connectivity index (χ3v) is 6.17. The maximum Gasteiger partial charge on any atom is 0.342 e. The van der Waals surface area contributed by atoms with Gasteiger partial charge in [0, 0.05) is 21.9 Å². The normalized spacial score (nSPS) is 32.3. The van der Waals surface area contributed by atoms with Crippen molar-refractivity contribution in [2.24, 2.45) is 16.8 Å². The van der Waals surface area contributed by atoms with Crippen LogP contribution < -0.4 is 0 Å². The van der Waals surface area contributed by atoms with Gasteiger partial charge in [-0.1, -0.05) is 58.4 Å². The van der Waals surface area contributed by atoms with E-state index >= 15 is 0 Å². The first kappa shape index (κ1) is 15.1. The van der Waals surface area contributed by atoms with Gasteiger partial charge in [0.2, 0.25) is 5.90 Å². The van der Waals surface area contributed by atoms with Crippen LogP contribution >= 0.6 is 15.9 Å². The molecule has 1 aliphatic heterocycles. The standard InChI is InChI=1S/C21H16BrNO2/c22-17-10-7-13(8-11-17)18-15-6-9-16(12-15)21(18)20(24)25-19(23-21)14-4-2-1-3-5-14/h1-11,15-16,18H,12H2/t15-,16+,18+,21-/m0/s1. The van der Waals surface area contributed by atoms with Crippen LogP contribution in [0.5, 0.6) is 0 Å². The van der Waals surface area contributed by atoms with Crippen molar-refractivity contribution < 1.29 is 9.53 Å². The van der Waals surface area contributed by atoms with Gasteiger partial charge in [-0.15, -0.1) is 0 Å². The topological polar surface area (TPSA) is 38.7 Å². The second-order valence-electron chi connectivity index (χ2n) is 6.92. The van der Waals surface area contributed by atoms with Crippen molar-refractivity contribution in [2.75, 3.05) is 0 Å². The van der Waals surface area contributed by atoms with Crippen LogP contribution in [0.15, 0.2) is 76.2 Å².